The number of rotatable bonds is 6. The maximum Gasteiger partial charge on any atom is 0.270 e. The number of fused-ring (bicyclic) bond motifs is 1. The third kappa shape index (κ3) is 5.12. The minimum atomic E-state index is -0.717. The average Bonchev–Trinajstić information content (AvgIpc) is 2.75. The molecule has 0 unspecified atom stereocenters. The zero-order valence-electron chi connectivity index (χ0n) is 17.2. The lowest BCUT2D eigenvalue weighted by atomic mass is 9.87. The Balaban J connectivity index is 1.77. The van der Waals surface area contributed by atoms with Crippen molar-refractivity contribution in [1.82, 2.24) is 15.8 Å². The maximum absolute atomic E-state index is 12.2. The number of ether oxygens (including phenoxy) is 1. The van der Waals surface area contributed by atoms with Crippen LogP contribution in [0.5, 0.6) is 5.75 Å². The van der Waals surface area contributed by atoms with Crippen LogP contribution in [0.1, 0.15) is 42.4 Å². The van der Waals surface area contributed by atoms with E-state index in [1.54, 1.807) is 18.2 Å². The van der Waals surface area contributed by atoms with Crippen molar-refractivity contribution < 1.29 is 19.5 Å². The molecule has 7 nitrogen and oxygen atoms in total. The van der Waals surface area contributed by atoms with Gasteiger partial charge in [0.2, 0.25) is 0 Å². The standard InChI is InChI=1S/C23H25N3O4/c1-23(2,3)17-10-7-15(8-11-17)14-30-19-6-4-5-16-9-12-18(25-21(16)19)22(28)24-13-20(27)26-29/h4-12,29H,13-14H2,1-3H3,(H,24,28)(H,26,27). The number of hydrogen-bond acceptors (Lipinski definition) is 5. The maximum atomic E-state index is 12.2. The summed E-state index contributed by atoms with van der Waals surface area (Å²) in [7, 11) is 0. The van der Waals surface area contributed by atoms with Crippen molar-refractivity contribution in [3.05, 3.63) is 71.4 Å². The van der Waals surface area contributed by atoms with Crippen molar-refractivity contribution in [2.24, 2.45) is 0 Å². The summed E-state index contributed by atoms with van der Waals surface area (Å²) in [5, 5.41) is 11.7. The normalized spacial score (nSPS) is 11.2. The fourth-order valence-electron chi connectivity index (χ4n) is 2.92. The number of pyridine rings is 1. The van der Waals surface area contributed by atoms with Crippen LogP contribution in [-0.4, -0.2) is 28.6 Å². The summed E-state index contributed by atoms with van der Waals surface area (Å²) in [5.74, 6) is -0.672. The van der Waals surface area contributed by atoms with E-state index < -0.39 is 11.8 Å². The molecule has 3 N–H and O–H groups in total. The van der Waals surface area contributed by atoms with Crippen LogP contribution in [0.15, 0.2) is 54.6 Å². The van der Waals surface area contributed by atoms with Crippen LogP contribution in [-0.2, 0) is 16.8 Å². The summed E-state index contributed by atoms with van der Waals surface area (Å²) in [6, 6.07) is 17.2. The van der Waals surface area contributed by atoms with Gasteiger partial charge in [-0.15, -0.1) is 0 Å². The summed E-state index contributed by atoms with van der Waals surface area (Å²) in [4.78, 5) is 27.7. The molecule has 0 aliphatic heterocycles. The zero-order chi connectivity index (χ0) is 21.7. The van der Waals surface area contributed by atoms with Crippen molar-refractivity contribution >= 4 is 22.7 Å². The Labute approximate surface area is 175 Å². The van der Waals surface area contributed by atoms with E-state index in [-0.39, 0.29) is 17.7 Å². The molecule has 30 heavy (non-hydrogen) atoms. The molecule has 0 bridgehead atoms. The number of nitrogens with one attached hydrogen (secondary N) is 2. The molecular weight excluding hydrogens is 382 g/mol. The van der Waals surface area contributed by atoms with Gasteiger partial charge in [-0.2, -0.15) is 0 Å². The number of carbonyl (C=O) groups is 2. The second-order valence-electron chi connectivity index (χ2n) is 7.98. The van der Waals surface area contributed by atoms with Crippen molar-refractivity contribution in [1.29, 1.82) is 0 Å². The minimum Gasteiger partial charge on any atom is -0.487 e. The Morgan fingerprint density at radius 3 is 2.43 bits per heavy atom. The zero-order valence-corrected chi connectivity index (χ0v) is 17.2. The van der Waals surface area contributed by atoms with Crippen LogP contribution >= 0.6 is 0 Å². The predicted molar refractivity (Wildman–Crippen MR) is 113 cm³/mol. The fourth-order valence-corrected chi connectivity index (χ4v) is 2.92. The molecule has 7 heteroatoms. The summed E-state index contributed by atoms with van der Waals surface area (Å²) < 4.78 is 5.99. The molecule has 0 fully saturated rings. The number of amides is 2. The Morgan fingerprint density at radius 2 is 1.77 bits per heavy atom. The Bertz CT molecular complexity index is 1060. The highest BCUT2D eigenvalue weighted by Crippen LogP contribution is 2.26. The van der Waals surface area contributed by atoms with Crippen LogP contribution in [0.25, 0.3) is 10.9 Å². The summed E-state index contributed by atoms with van der Waals surface area (Å²) >= 11 is 0. The van der Waals surface area contributed by atoms with E-state index in [4.69, 9.17) is 9.94 Å². The van der Waals surface area contributed by atoms with E-state index in [0.29, 0.717) is 17.9 Å². The number of para-hydroxylation sites is 1. The molecule has 0 saturated carbocycles. The van der Waals surface area contributed by atoms with Crippen LogP contribution in [0.3, 0.4) is 0 Å². The topological polar surface area (TPSA) is 101 Å². The molecule has 2 amide bonds. The lowest BCUT2D eigenvalue weighted by Gasteiger charge is -2.19. The van der Waals surface area contributed by atoms with E-state index in [9.17, 15) is 9.59 Å². The predicted octanol–water partition coefficient (Wildman–Crippen LogP) is 3.35. The molecule has 156 valence electrons. The highest BCUT2D eigenvalue weighted by Gasteiger charge is 2.14. The molecule has 0 radical (unpaired) electrons. The van der Waals surface area contributed by atoms with E-state index in [1.165, 1.54) is 11.0 Å². The lowest BCUT2D eigenvalue weighted by Crippen LogP contribution is -2.35. The molecule has 3 rings (SSSR count). The third-order valence-corrected chi connectivity index (χ3v) is 4.66. The van der Waals surface area contributed by atoms with Crippen molar-refractivity contribution in [3.8, 4) is 5.75 Å². The molecule has 0 saturated heterocycles. The van der Waals surface area contributed by atoms with Gasteiger partial charge >= 0.3 is 0 Å². The van der Waals surface area contributed by atoms with Gasteiger partial charge in [-0.05, 0) is 28.7 Å². The van der Waals surface area contributed by atoms with E-state index in [2.05, 4.69) is 43.2 Å². The van der Waals surface area contributed by atoms with Crippen molar-refractivity contribution in [3.63, 3.8) is 0 Å². The molecule has 1 heterocycles. The molecule has 0 spiro atoms. The van der Waals surface area contributed by atoms with Gasteiger partial charge in [0, 0.05) is 5.39 Å². The highest BCUT2D eigenvalue weighted by molar-refractivity contribution is 5.97. The molecular formula is C23H25N3O4. The van der Waals surface area contributed by atoms with Gasteiger partial charge < -0.3 is 10.1 Å². The van der Waals surface area contributed by atoms with Crippen LogP contribution in [0.2, 0.25) is 0 Å². The van der Waals surface area contributed by atoms with E-state index in [1.807, 2.05) is 24.3 Å². The second-order valence-corrected chi connectivity index (χ2v) is 7.98. The number of aromatic nitrogens is 1. The molecule has 1 aromatic heterocycles. The smallest absolute Gasteiger partial charge is 0.270 e. The average molecular weight is 407 g/mol. The summed E-state index contributed by atoms with van der Waals surface area (Å²) in [5.41, 5.74) is 4.55. The van der Waals surface area contributed by atoms with Crippen LogP contribution in [0, 0.1) is 0 Å². The van der Waals surface area contributed by atoms with Gasteiger partial charge in [-0.3, -0.25) is 14.8 Å². The Kier molecular flexibility index (Phi) is 6.32. The van der Waals surface area contributed by atoms with Gasteiger partial charge in [0.25, 0.3) is 11.8 Å². The number of carbonyl (C=O) groups excluding carboxylic acids is 2. The first kappa shape index (κ1) is 21.3. The Hall–Kier alpha value is -3.45. The Morgan fingerprint density at radius 1 is 1.03 bits per heavy atom. The fraction of sp³-hybridized carbons (Fsp3) is 0.261. The SMILES string of the molecule is CC(C)(C)c1ccc(COc2cccc3ccc(C(=O)NCC(=O)NO)nc23)cc1. The van der Waals surface area contributed by atoms with Gasteiger partial charge in [-0.1, -0.05) is 63.2 Å². The number of hydrogen-bond donors (Lipinski definition) is 3. The lowest BCUT2D eigenvalue weighted by molar-refractivity contribution is -0.128. The second kappa shape index (κ2) is 8.92. The third-order valence-electron chi connectivity index (χ3n) is 4.66. The molecule has 3 aromatic rings. The van der Waals surface area contributed by atoms with Crippen LogP contribution < -0.4 is 15.5 Å². The van der Waals surface area contributed by atoms with Gasteiger partial charge in [0.05, 0.1) is 6.54 Å². The monoisotopic (exact) mass is 407 g/mol. The van der Waals surface area contributed by atoms with Crippen molar-refractivity contribution in [2.75, 3.05) is 6.54 Å². The van der Waals surface area contributed by atoms with Gasteiger partial charge in [0.1, 0.15) is 23.6 Å². The van der Waals surface area contributed by atoms with E-state index >= 15 is 0 Å². The van der Waals surface area contributed by atoms with Crippen LogP contribution in [0.4, 0.5) is 0 Å². The molecule has 0 atom stereocenters. The summed E-state index contributed by atoms with van der Waals surface area (Å²) in [6.45, 7) is 6.54. The van der Waals surface area contributed by atoms with E-state index in [0.717, 1.165) is 10.9 Å². The highest BCUT2D eigenvalue weighted by atomic mass is 16.5. The largest absolute Gasteiger partial charge is 0.487 e. The molecule has 0 aliphatic rings. The first-order valence-electron chi connectivity index (χ1n) is 9.61. The first-order valence-corrected chi connectivity index (χ1v) is 9.61. The number of hydroxylamine groups is 1. The molecule has 0 aliphatic carbocycles. The van der Waals surface area contributed by atoms with Gasteiger partial charge in [-0.25, -0.2) is 10.5 Å². The van der Waals surface area contributed by atoms with Gasteiger partial charge in [0.15, 0.2) is 0 Å². The summed E-state index contributed by atoms with van der Waals surface area (Å²) in [6.07, 6.45) is 0. The molecule has 2 aromatic carbocycles. The van der Waals surface area contributed by atoms with Crippen molar-refractivity contribution in [2.45, 2.75) is 32.8 Å². The minimum absolute atomic E-state index is 0.0910. The quantitative estimate of drug-likeness (QED) is 0.430. The number of benzene rings is 2. The first-order chi connectivity index (χ1) is 14.3. The number of nitrogens with zero attached hydrogens (tertiary/aromatic N) is 1.